The first-order valence-electron chi connectivity index (χ1n) is 13.6. The molecule has 0 unspecified atom stereocenters. The number of hydrogen-bond donors (Lipinski definition) is 1. The molecule has 2 heteroatoms. The lowest BCUT2D eigenvalue weighted by Gasteiger charge is -2.27. The van der Waals surface area contributed by atoms with Crippen molar-refractivity contribution in [2.75, 3.05) is 10.2 Å². The molecule has 0 aromatic heterocycles. The predicted octanol–water partition coefficient (Wildman–Crippen LogP) is 10.9. The van der Waals surface area contributed by atoms with Gasteiger partial charge < -0.3 is 10.2 Å². The van der Waals surface area contributed by atoms with Crippen molar-refractivity contribution in [3.05, 3.63) is 164 Å². The molecular weight excluding hydrogens is 484 g/mol. The lowest BCUT2D eigenvalue weighted by Crippen LogP contribution is -2.10. The maximum atomic E-state index is 3.68. The quantitative estimate of drug-likeness (QED) is 0.223. The molecule has 7 rings (SSSR count). The average Bonchev–Trinajstić information content (AvgIpc) is 3.01. The number of benzene rings is 7. The fraction of sp³-hybridized carbons (Fsp3) is 0. The molecule has 0 saturated carbocycles. The fourth-order valence-corrected chi connectivity index (χ4v) is 5.57. The largest absolute Gasteiger partial charge is 0.355 e. The number of hydrogen-bond acceptors (Lipinski definition) is 2. The van der Waals surface area contributed by atoms with Crippen LogP contribution in [0.2, 0.25) is 0 Å². The van der Waals surface area contributed by atoms with Crippen LogP contribution in [0.3, 0.4) is 0 Å². The highest BCUT2D eigenvalue weighted by Gasteiger charge is 2.17. The van der Waals surface area contributed by atoms with Gasteiger partial charge in [-0.25, -0.2) is 0 Å². The Balaban J connectivity index is 1.52. The zero-order chi connectivity index (χ0) is 26.7. The van der Waals surface area contributed by atoms with E-state index < -0.39 is 0 Å². The van der Waals surface area contributed by atoms with Crippen molar-refractivity contribution in [2.45, 2.75) is 0 Å². The zero-order valence-electron chi connectivity index (χ0n) is 22.0. The normalized spacial score (nSPS) is 11.0. The summed E-state index contributed by atoms with van der Waals surface area (Å²) in [5.74, 6) is 0. The first-order chi connectivity index (χ1) is 19.8. The highest BCUT2D eigenvalue weighted by molar-refractivity contribution is 6.13. The van der Waals surface area contributed by atoms with Gasteiger partial charge in [-0.1, -0.05) is 103 Å². The second-order valence-electron chi connectivity index (χ2n) is 9.96. The third-order valence-electron chi connectivity index (χ3n) is 7.33. The summed E-state index contributed by atoms with van der Waals surface area (Å²) in [5, 5.41) is 8.65. The Morgan fingerprint density at radius 1 is 0.375 bits per heavy atom. The summed E-state index contributed by atoms with van der Waals surface area (Å²) in [6.07, 6.45) is 0. The van der Waals surface area contributed by atoms with Crippen molar-refractivity contribution in [3.8, 4) is 11.1 Å². The number of nitrogens with one attached hydrogen (secondary N) is 1. The zero-order valence-corrected chi connectivity index (χ0v) is 22.0. The molecule has 7 aromatic rings. The smallest absolute Gasteiger partial charge is 0.0488 e. The van der Waals surface area contributed by atoms with Crippen LogP contribution in [0.1, 0.15) is 0 Å². The van der Waals surface area contributed by atoms with Gasteiger partial charge in [-0.15, -0.1) is 0 Å². The van der Waals surface area contributed by atoms with E-state index in [0.29, 0.717) is 0 Å². The number of fused-ring (bicyclic) bond motifs is 2. The molecule has 0 aliphatic heterocycles. The van der Waals surface area contributed by atoms with Gasteiger partial charge in [-0.3, -0.25) is 0 Å². The van der Waals surface area contributed by atoms with Crippen molar-refractivity contribution < 1.29 is 0 Å². The van der Waals surface area contributed by atoms with Gasteiger partial charge in [0.05, 0.1) is 0 Å². The van der Waals surface area contributed by atoms with Crippen molar-refractivity contribution >= 4 is 50.0 Å². The van der Waals surface area contributed by atoms with Crippen LogP contribution >= 0.6 is 0 Å². The van der Waals surface area contributed by atoms with Crippen LogP contribution in [0, 0.1) is 0 Å². The molecule has 0 amide bonds. The first kappa shape index (κ1) is 23.8. The van der Waals surface area contributed by atoms with Crippen molar-refractivity contribution in [1.82, 2.24) is 0 Å². The topological polar surface area (TPSA) is 15.3 Å². The third kappa shape index (κ3) is 4.57. The number of nitrogens with zero attached hydrogens (tertiary/aromatic N) is 1. The van der Waals surface area contributed by atoms with E-state index in [2.05, 4.69) is 168 Å². The van der Waals surface area contributed by atoms with E-state index in [-0.39, 0.29) is 0 Å². The Morgan fingerprint density at radius 3 is 1.45 bits per heavy atom. The molecule has 0 spiro atoms. The van der Waals surface area contributed by atoms with Crippen LogP contribution in [-0.2, 0) is 0 Å². The highest BCUT2D eigenvalue weighted by atomic mass is 15.1. The van der Waals surface area contributed by atoms with Gasteiger partial charge in [0.25, 0.3) is 0 Å². The second-order valence-corrected chi connectivity index (χ2v) is 9.96. The maximum absolute atomic E-state index is 3.68. The van der Waals surface area contributed by atoms with Gasteiger partial charge in [0, 0.05) is 28.4 Å². The Labute approximate surface area is 234 Å². The lowest BCUT2D eigenvalue weighted by molar-refractivity contribution is 1.28. The van der Waals surface area contributed by atoms with Crippen LogP contribution in [-0.4, -0.2) is 0 Å². The molecule has 0 saturated heterocycles. The number of para-hydroxylation sites is 3. The van der Waals surface area contributed by atoms with E-state index in [9.17, 15) is 0 Å². The molecule has 0 atom stereocenters. The lowest BCUT2D eigenvalue weighted by atomic mass is 9.91. The molecule has 0 aliphatic carbocycles. The molecule has 0 heterocycles. The van der Waals surface area contributed by atoms with Crippen molar-refractivity contribution in [3.63, 3.8) is 0 Å². The van der Waals surface area contributed by atoms with E-state index in [1.165, 1.54) is 32.7 Å². The second kappa shape index (κ2) is 10.4. The molecule has 0 radical (unpaired) electrons. The summed E-state index contributed by atoms with van der Waals surface area (Å²) in [6.45, 7) is 0. The van der Waals surface area contributed by atoms with Crippen LogP contribution in [0.4, 0.5) is 28.4 Å². The summed E-state index contributed by atoms with van der Waals surface area (Å²) in [5.41, 5.74) is 7.81. The Morgan fingerprint density at radius 2 is 0.875 bits per heavy atom. The highest BCUT2D eigenvalue weighted by Crippen LogP contribution is 2.42. The van der Waals surface area contributed by atoms with E-state index in [1.54, 1.807) is 0 Å². The minimum Gasteiger partial charge on any atom is -0.355 e. The van der Waals surface area contributed by atoms with E-state index in [1.807, 2.05) is 6.07 Å². The van der Waals surface area contributed by atoms with Gasteiger partial charge in [-0.2, -0.15) is 0 Å². The van der Waals surface area contributed by atoms with Crippen LogP contribution in [0.25, 0.3) is 32.7 Å². The molecule has 2 nitrogen and oxygen atoms in total. The van der Waals surface area contributed by atoms with Gasteiger partial charge in [-0.05, 0) is 93.3 Å². The van der Waals surface area contributed by atoms with Crippen LogP contribution in [0.5, 0.6) is 0 Å². The van der Waals surface area contributed by atoms with Crippen molar-refractivity contribution in [1.29, 1.82) is 0 Å². The minimum atomic E-state index is 1.03. The molecule has 40 heavy (non-hydrogen) atoms. The standard InChI is InChI=1S/C38H28N2/c1-4-16-31(17-5-1)39-32-25-30(38-36-22-12-10-14-28(36)24-29-15-11-13-23-37(29)38)26-35(27-32)40(33-18-6-2-7-19-33)34-20-8-3-9-21-34/h1-27,39H. The minimum absolute atomic E-state index is 1.03. The summed E-state index contributed by atoms with van der Waals surface area (Å²) in [7, 11) is 0. The summed E-state index contributed by atoms with van der Waals surface area (Å²) in [6, 6.07) is 58.0. The van der Waals surface area contributed by atoms with Crippen LogP contribution in [0.15, 0.2) is 164 Å². The van der Waals surface area contributed by atoms with E-state index >= 15 is 0 Å². The Hall–Kier alpha value is -5.34. The Bertz CT molecular complexity index is 1820. The van der Waals surface area contributed by atoms with Gasteiger partial charge in [0.2, 0.25) is 0 Å². The average molecular weight is 513 g/mol. The molecule has 190 valence electrons. The molecular formula is C38H28N2. The first-order valence-corrected chi connectivity index (χ1v) is 13.6. The van der Waals surface area contributed by atoms with E-state index in [4.69, 9.17) is 0 Å². The molecule has 0 bridgehead atoms. The van der Waals surface area contributed by atoms with E-state index in [0.717, 1.165) is 28.4 Å². The van der Waals surface area contributed by atoms with Gasteiger partial charge in [0.15, 0.2) is 0 Å². The molecule has 0 fully saturated rings. The van der Waals surface area contributed by atoms with Gasteiger partial charge in [0.1, 0.15) is 0 Å². The number of rotatable bonds is 6. The predicted molar refractivity (Wildman–Crippen MR) is 171 cm³/mol. The SMILES string of the molecule is c1ccc(Nc2cc(-c3c4ccccc4cc4ccccc34)cc(N(c3ccccc3)c3ccccc3)c2)cc1. The third-order valence-corrected chi connectivity index (χ3v) is 7.33. The number of anilines is 5. The Kier molecular flexibility index (Phi) is 6.20. The fourth-order valence-electron chi connectivity index (χ4n) is 5.57. The summed E-state index contributed by atoms with van der Waals surface area (Å²) >= 11 is 0. The molecule has 1 N–H and O–H groups in total. The summed E-state index contributed by atoms with van der Waals surface area (Å²) in [4.78, 5) is 2.33. The van der Waals surface area contributed by atoms with Crippen LogP contribution < -0.4 is 10.2 Å². The maximum Gasteiger partial charge on any atom is 0.0488 e. The molecule has 7 aromatic carbocycles. The summed E-state index contributed by atoms with van der Waals surface area (Å²) < 4.78 is 0. The monoisotopic (exact) mass is 512 g/mol. The molecule has 0 aliphatic rings. The van der Waals surface area contributed by atoms with Crippen molar-refractivity contribution in [2.24, 2.45) is 0 Å². The van der Waals surface area contributed by atoms with Gasteiger partial charge >= 0.3 is 0 Å².